The first-order chi connectivity index (χ1) is 19.3. The van der Waals surface area contributed by atoms with Crippen molar-refractivity contribution in [3.05, 3.63) is 117 Å². The Morgan fingerprint density at radius 3 is 2.65 bits per heavy atom. The van der Waals surface area contributed by atoms with E-state index in [4.69, 9.17) is 9.97 Å². The van der Waals surface area contributed by atoms with Crippen LogP contribution < -0.4 is 5.32 Å². The molecule has 2 aliphatic carbocycles. The molecule has 0 saturated heterocycles. The number of rotatable bonds is 8. The van der Waals surface area contributed by atoms with Crippen molar-refractivity contribution < 1.29 is 0 Å². The van der Waals surface area contributed by atoms with Gasteiger partial charge in [0.15, 0.2) is 0 Å². The number of hydrogen-bond donors (Lipinski definition) is 2. The molecule has 3 heterocycles. The number of aromatic nitrogens is 3. The van der Waals surface area contributed by atoms with Gasteiger partial charge >= 0.3 is 0 Å². The smallest absolute Gasteiger partial charge is 0.121 e. The Bertz CT molecular complexity index is 1520. The van der Waals surface area contributed by atoms with E-state index in [2.05, 4.69) is 87.3 Å². The Hall–Kier alpha value is -3.32. The van der Waals surface area contributed by atoms with Gasteiger partial charge in [0.2, 0.25) is 0 Å². The lowest BCUT2D eigenvalue weighted by atomic mass is 9.90. The van der Waals surface area contributed by atoms with Gasteiger partial charge in [-0.1, -0.05) is 49.9 Å². The summed E-state index contributed by atoms with van der Waals surface area (Å²) in [6.45, 7) is 2.54. The minimum Gasteiger partial charge on any atom is -0.341 e. The van der Waals surface area contributed by atoms with Crippen LogP contribution in [0.3, 0.4) is 0 Å². The highest BCUT2D eigenvalue weighted by atomic mass is 32.1. The Morgan fingerprint density at radius 1 is 0.900 bits per heavy atom. The second-order valence-corrected chi connectivity index (χ2v) is 12.0. The van der Waals surface area contributed by atoms with Gasteiger partial charge in [0.1, 0.15) is 5.82 Å². The molecule has 3 aromatic heterocycles. The van der Waals surface area contributed by atoms with Crippen molar-refractivity contribution in [3.63, 3.8) is 0 Å². The van der Waals surface area contributed by atoms with Gasteiger partial charge in [0.05, 0.1) is 29.3 Å². The number of benzene rings is 2. The minimum atomic E-state index is 0. The maximum atomic E-state index is 4.91. The van der Waals surface area contributed by atoms with Crippen LogP contribution in [0.5, 0.6) is 0 Å². The van der Waals surface area contributed by atoms with E-state index in [0.717, 1.165) is 49.3 Å². The van der Waals surface area contributed by atoms with Gasteiger partial charge in [0.25, 0.3) is 0 Å². The standard InChI is InChI=1S/C33H35N5S.CH4/c1-2-9-29-28(8-1)36-32(37-29)22-38(30-11-3-6-25-7-5-18-34-33(25)30)21-24-15-13-23(14-16-24)20-35-27-10-4-12-31-26(27)17-19-39-31;/h1-2,5,7-9,13-19,27,30,35H,3-4,6,10-12,20-22H2,(H,36,37);1H4. The molecule has 2 aromatic carbocycles. The molecule has 5 aromatic rings. The van der Waals surface area contributed by atoms with Crippen molar-refractivity contribution in [1.29, 1.82) is 0 Å². The number of nitrogens with zero attached hydrogens (tertiary/aromatic N) is 3. The quantitative estimate of drug-likeness (QED) is 0.207. The Labute approximate surface area is 241 Å². The number of imidazole rings is 1. The second-order valence-electron chi connectivity index (χ2n) is 11.0. The number of fused-ring (bicyclic) bond motifs is 3. The SMILES string of the molecule is C.c1cnc2c(c1)CCCC2N(Cc1ccc(CNC2CCCc3sccc32)cc1)Cc1nc2ccccc2[nH]1. The van der Waals surface area contributed by atoms with E-state index in [9.17, 15) is 0 Å². The number of pyridine rings is 1. The first-order valence-corrected chi connectivity index (χ1v) is 15.2. The Balaban J connectivity index is 0.00000289. The summed E-state index contributed by atoms with van der Waals surface area (Å²) in [6.07, 6.45) is 9.14. The zero-order chi connectivity index (χ0) is 26.0. The molecule has 2 atom stereocenters. The third-order valence-corrected chi connectivity index (χ3v) is 9.41. The van der Waals surface area contributed by atoms with Crippen LogP contribution in [0.25, 0.3) is 11.0 Å². The van der Waals surface area contributed by atoms with E-state index in [1.165, 1.54) is 53.6 Å². The van der Waals surface area contributed by atoms with E-state index in [-0.39, 0.29) is 13.5 Å². The molecule has 2 aliphatic rings. The predicted molar refractivity (Wildman–Crippen MR) is 165 cm³/mol. The fourth-order valence-corrected chi connectivity index (χ4v) is 7.41. The molecule has 2 unspecified atom stereocenters. The van der Waals surface area contributed by atoms with Crippen LogP contribution in [0.15, 0.2) is 78.3 Å². The summed E-state index contributed by atoms with van der Waals surface area (Å²) in [6, 6.07) is 24.9. The summed E-state index contributed by atoms with van der Waals surface area (Å²) in [7, 11) is 0. The van der Waals surface area contributed by atoms with Crippen LogP contribution >= 0.6 is 11.3 Å². The normalized spacial score (nSPS) is 18.3. The van der Waals surface area contributed by atoms with Gasteiger partial charge in [0, 0.05) is 30.2 Å². The topological polar surface area (TPSA) is 56.8 Å². The van der Waals surface area contributed by atoms with Crippen LogP contribution in [0.1, 0.15) is 83.8 Å². The van der Waals surface area contributed by atoms with Crippen molar-refractivity contribution in [2.75, 3.05) is 0 Å². The van der Waals surface area contributed by atoms with Gasteiger partial charge in [-0.25, -0.2) is 4.98 Å². The highest BCUT2D eigenvalue weighted by molar-refractivity contribution is 7.10. The van der Waals surface area contributed by atoms with E-state index in [1.54, 1.807) is 4.88 Å². The van der Waals surface area contributed by atoms with Crippen molar-refractivity contribution in [2.45, 2.75) is 77.7 Å². The first kappa shape index (κ1) is 26.9. The number of aryl methyl sites for hydroxylation is 2. The van der Waals surface area contributed by atoms with Crippen LogP contribution in [-0.4, -0.2) is 19.9 Å². The summed E-state index contributed by atoms with van der Waals surface area (Å²) in [5.74, 6) is 1.01. The minimum absolute atomic E-state index is 0. The summed E-state index contributed by atoms with van der Waals surface area (Å²) in [5, 5.41) is 6.07. The molecule has 5 nitrogen and oxygen atoms in total. The highest BCUT2D eigenvalue weighted by Crippen LogP contribution is 2.35. The summed E-state index contributed by atoms with van der Waals surface area (Å²) >= 11 is 1.91. The molecule has 6 heteroatoms. The van der Waals surface area contributed by atoms with Crippen molar-refractivity contribution in [3.8, 4) is 0 Å². The molecular weight excluding hydrogens is 510 g/mol. The number of para-hydroxylation sites is 2. The van der Waals surface area contributed by atoms with E-state index < -0.39 is 0 Å². The number of nitrogens with one attached hydrogen (secondary N) is 2. The van der Waals surface area contributed by atoms with Crippen LogP contribution in [-0.2, 0) is 32.5 Å². The van der Waals surface area contributed by atoms with Gasteiger partial charge in [-0.2, -0.15) is 0 Å². The fourth-order valence-electron chi connectivity index (χ4n) is 6.43. The molecule has 0 bridgehead atoms. The lowest BCUT2D eigenvalue weighted by Crippen LogP contribution is -2.31. The average molecular weight is 550 g/mol. The predicted octanol–water partition coefficient (Wildman–Crippen LogP) is 7.90. The molecule has 0 spiro atoms. The van der Waals surface area contributed by atoms with Crippen molar-refractivity contribution in [1.82, 2.24) is 25.2 Å². The number of hydrogen-bond acceptors (Lipinski definition) is 5. The molecule has 0 aliphatic heterocycles. The molecule has 0 amide bonds. The summed E-state index contributed by atoms with van der Waals surface area (Å²) < 4.78 is 0. The van der Waals surface area contributed by atoms with Crippen molar-refractivity contribution in [2.24, 2.45) is 0 Å². The first-order valence-electron chi connectivity index (χ1n) is 14.3. The third kappa shape index (κ3) is 5.62. The summed E-state index contributed by atoms with van der Waals surface area (Å²) in [5.41, 5.74) is 8.94. The Morgan fingerprint density at radius 2 is 1.75 bits per heavy atom. The largest absolute Gasteiger partial charge is 0.341 e. The van der Waals surface area contributed by atoms with E-state index >= 15 is 0 Å². The Kier molecular flexibility index (Phi) is 8.10. The van der Waals surface area contributed by atoms with Gasteiger partial charge in [-0.3, -0.25) is 9.88 Å². The second kappa shape index (κ2) is 12.0. The fraction of sp³-hybridized carbons (Fsp3) is 0.353. The lowest BCUT2D eigenvalue weighted by molar-refractivity contribution is 0.153. The maximum Gasteiger partial charge on any atom is 0.121 e. The number of aromatic amines is 1. The van der Waals surface area contributed by atoms with Crippen LogP contribution in [0.2, 0.25) is 0 Å². The number of H-pyrrole nitrogens is 1. The van der Waals surface area contributed by atoms with Gasteiger partial charge < -0.3 is 10.3 Å². The van der Waals surface area contributed by atoms with E-state index in [0.29, 0.717) is 6.04 Å². The maximum absolute atomic E-state index is 4.91. The van der Waals surface area contributed by atoms with E-state index in [1.807, 2.05) is 17.5 Å². The van der Waals surface area contributed by atoms with Crippen LogP contribution in [0.4, 0.5) is 0 Å². The van der Waals surface area contributed by atoms with Crippen molar-refractivity contribution >= 4 is 22.4 Å². The zero-order valence-electron chi connectivity index (χ0n) is 22.3. The molecule has 0 saturated carbocycles. The highest BCUT2D eigenvalue weighted by Gasteiger charge is 2.28. The lowest BCUT2D eigenvalue weighted by Gasteiger charge is -2.34. The molecule has 206 valence electrons. The van der Waals surface area contributed by atoms with Gasteiger partial charge in [-0.15, -0.1) is 11.3 Å². The number of thiophene rings is 1. The molecule has 40 heavy (non-hydrogen) atoms. The average Bonchev–Trinajstić information content (AvgIpc) is 3.63. The molecule has 2 N–H and O–H groups in total. The summed E-state index contributed by atoms with van der Waals surface area (Å²) in [4.78, 5) is 17.5. The van der Waals surface area contributed by atoms with Crippen LogP contribution in [0, 0.1) is 0 Å². The molecule has 0 fully saturated rings. The van der Waals surface area contributed by atoms with Gasteiger partial charge in [-0.05, 0) is 90.4 Å². The zero-order valence-corrected chi connectivity index (χ0v) is 23.1. The molecule has 7 rings (SSSR count). The molecular formula is C34H39N5S. The molecule has 0 radical (unpaired) electrons. The third-order valence-electron chi connectivity index (χ3n) is 8.41. The monoisotopic (exact) mass is 549 g/mol.